The van der Waals surface area contributed by atoms with Crippen molar-refractivity contribution in [2.24, 2.45) is 17.2 Å². The summed E-state index contributed by atoms with van der Waals surface area (Å²) in [5.74, 6) is 6.58. The SMILES string of the molecule is CC(C)(C)C1CCN(C(=O)c2ccc(NN)nc2)CC1. The zero-order valence-corrected chi connectivity index (χ0v) is 12.5. The van der Waals surface area contributed by atoms with E-state index in [9.17, 15) is 4.79 Å². The van der Waals surface area contributed by atoms with Gasteiger partial charge in [-0.3, -0.25) is 4.79 Å². The number of nitrogens with zero attached hydrogens (tertiary/aromatic N) is 2. The van der Waals surface area contributed by atoms with Gasteiger partial charge in [-0.25, -0.2) is 10.8 Å². The first kappa shape index (κ1) is 14.8. The van der Waals surface area contributed by atoms with Gasteiger partial charge in [0.1, 0.15) is 5.82 Å². The van der Waals surface area contributed by atoms with Crippen molar-refractivity contribution in [3.05, 3.63) is 23.9 Å². The molecule has 5 nitrogen and oxygen atoms in total. The molecule has 3 N–H and O–H groups in total. The van der Waals surface area contributed by atoms with Gasteiger partial charge in [0, 0.05) is 19.3 Å². The Bertz CT molecular complexity index is 456. The lowest BCUT2D eigenvalue weighted by atomic mass is 9.75. The van der Waals surface area contributed by atoms with Crippen LogP contribution in [0.1, 0.15) is 44.0 Å². The molecule has 0 unspecified atom stereocenters. The molecule has 1 aliphatic heterocycles. The number of nitrogen functional groups attached to an aromatic ring is 1. The molecular formula is C15H24N4O. The van der Waals surface area contributed by atoms with Crippen LogP contribution in [0.3, 0.4) is 0 Å². The molecule has 0 aliphatic carbocycles. The number of nitrogens with two attached hydrogens (primary N) is 1. The van der Waals surface area contributed by atoms with Crippen molar-refractivity contribution in [2.75, 3.05) is 18.5 Å². The van der Waals surface area contributed by atoms with Crippen LogP contribution in [-0.4, -0.2) is 28.9 Å². The van der Waals surface area contributed by atoms with Crippen molar-refractivity contribution in [2.45, 2.75) is 33.6 Å². The number of aromatic nitrogens is 1. The predicted molar refractivity (Wildman–Crippen MR) is 80.1 cm³/mol. The normalized spacial score (nSPS) is 17.1. The van der Waals surface area contributed by atoms with Crippen molar-refractivity contribution < 1.29 is 4.79 Å². The molecule has 0 atom stereocenters. The lowest BCUT2D eigenvalue weighted by molar-refractivity contribution is 0.0608. The molecule has 0 radical (unpaired) electrons. The first-order chi connectivity index (χ1) is 9.41. The van der Waals surface area contributed by atoms with Crippen molar-refractivity contribution in [1.29, 1.82) is 0 Å². The number of carbonyl (C=O) groups is 1. The van der Waals surface area contributed by atoms with Crippen LogP contribution >= 0.6 is 0 Å². The highest BCUT2D eigenvalue weighted by atomic mass is 16.2. The van der Waals surface area contributed by atoms with E-state index < -0.39 is 0 Å². The van der Waals surface area contributed by atoms with E-state index in [4.69, 9.17) is 5.84 Å². The third-order valence-corrected chi connectivity index (χ3v) is 4.17. The Kier molecular flexibility index (Phi) is 4.28. The number of hydrogen-bond donors (Lipinski definition) is 2. The number of amides is 1. The third kappa shape index (κ3) is 3.28. The minimum atomic E-state index is 0.0634. The highest BCUT2D eigenvalue weighted by molar-refractivity contribution is 5.94. The van der Waals surface area contributed by atoms with E-state index in [-0.39, 0.29) is 5.91 Å². The molecule has 5 heteroatoms. The van der Waals surface area contributed by atoms with Crippen LogP contribution in [-0.2, 0) is 0 Å². The second-order valence-electron chi connectivity index (χ2n) is 6.51. The molecular weight excluding hydrogens is 252 g/mol. The van der Waals surface area contributed by atoms with Gasteiger partial charge in [0.25, 0.3) is 5.91 Å². The van der Waals surface area contributed by atoms with E-state index in [2.05, 4.69) is 31.2 Å². The quantitative estimate of drug-likeness (QED) is 0.642. The maximum absolute atomic E-state index is 12.4. The highest BCUT2D eigenvalue weighted by Crippen LogP contribution is 2.34. The summed E-state index contributed by atoms with van der Waals surface area (Å²) in [6, 6.07) is 3.48. The predicted octanol–water partition coefficient (Wildman–Crippen LogP) is 2.27. The first-order valence-corrected chi connectivity index (χ1v) is 7.14. The van der Waals surface area contributed by atoms with Crippen LogP contribution in [0.15, 0.2) is 18.3 Å². The average Bonchev–Trinajstić information content (AvgIpc) is 2.46. The van der Waals surface area contributed by atoms with Gasteiger partial charge >= 0.3 is 0 Å². The van der Waals surface area contributed by atoms with Crippen LogP contribution in [0.5, 0.6) is 0 Å². The van der Waals surface area contributed by atoms with Gasteiger partial charge < -0.3 is 10.3 Å². The van der Waals surface area contributed by atoms with Gasteiger partial charge in [-0.1, -0.05) is 20.8 Å². The van der Waals surface area contributed by atoms with E-state index in [0.29, 0.717) is 22.7 Å². The summed E-state index contributed by atoms with van der Waals surface area (Å²) in [7, 11) is 0. The van der Waals surface area contributed by atoms with Crippen LogP contribution in [0.4, 0.5) is 5.82 Å². The standard InChI is InChI=1S/C15H24N4O/c1-15(2,3)12-6-8-19(9-7-12)14(20)11-4-5-13(18-16)17-10-11/h4-5,10,12H,6-9,16H2,1-3H3,(H,17,18). The molecule has 1 amide bonds. The summed E-state index contributed by atoms with van der Waals surface area (Å²) in [4.78, 5) is 18.4. The molecule has 20 heavy (non-hydrogen) atoms. The van der Waals surface area contributed by atoms with Gasteiger partial charge in [-0.15, -0.1) is 0 Å². The molecule has 2 rings (SSSR count). The minimum absolute atomic E-state index is 0.0634. The number of piperidine rings is 1. The molecule has 2 heterocycles. The summed E-state index contributed by atoms with van der Waals surface area (Å²) >= 11 is 0. The second-order valence-corrected chi connectivity index (χ2v) is 6.51. The zero-order chi connectivity index (χ0) is 14.8. The van der Waals surface area contributed by atoms with E-state index in [1.165, 1.54) is 0 Å². The first-order valence-electron chi connectivity index (χ1n) is 7.14. The van der Waals surface area contributed by atoms with Gasteiger partial charge in [-0.2, -0.15) is 0 Å². The lowest BCUT2D eigenvalue weighted by Gasteiger charge is -2.38. The molecule has 1 aromatic heterocycles. The number of nitrogens with one attached hydrogen (secondary N) is 1. The molecule has 1 aromatic rings. The topological polar surface area (TPSA) is 71.2 Å². The van der Waals surface area contributed by atoms with E-state index in [0.717, 1.165) is 25.9 Å². The summed E-state index contributed by atoms with van der Waals surface area (Å²) in [5.41, 5.74) is 3.41. The Hall–Kier alpha value is -1.62. The largest absolute Gasteiger partial charge is 0.339 e. The Balaban J connectivity index is 1.97. The van der Waals surface area contributed by atoms with Crippen LogP contribution < -0.4 is 11.3 Å². The van der Waals surface area contributed by atoms with Crippen LogP contribution in [0.25, 0.3) is 0 Å². The number of anilines is 1. The number of hydrogen-bond acceptors (Lipinski definition) is 4. The summed E-state index contributed by atoms with van der Waals surface area (Å²) in [6.07, 6.45) is 3.73. The summed E-state index contributed by atoms with van der Waals surface area (Å²) < 4.78 is 0. The van der Waals surface area contributed by atoms with Gasteiger partial charge in [0.2, 0.25) is 0 Å². The van der Waals surface area contributed by atoms with Gasteiger partial charge in [-0.05, 0) is 36.3 Å². The molecule has 0 spiro atoms. The smallest absolute Gasteiger partial charge is 0.255 e. The molecule has 110 valence electrons. The molecule has 1 aliphatic rings. The fourth-order valence-corrected chi connectivity index (χ4v) is 2.74. The Labute approximate surface area is 120 Å². The highest BCUT2D eigenvalue weighted by Gasteiger charge is 2.30. The summed E-state index contributed by atoms with van der Waals surface area (Å²) in [5, 5.41) is 0. The number of hydrazine groups is 1. The summed E-state index contributed by atoms with van der Waals surface area (Å²) in [6.45, 7) is 8.49. The zero-order valence-electron chi connectivity index (χ0n) is 12.5. The van der Waals surface area contributed by atoms with Crippen molar-refractivity contribution >= 4 is 11.7 Å². The number of carbonyl (C=O) groups excluding carboxylic acids is 1. The van der Waals surface area contributed by atoms with Crippen LogP contribution in [0, 0.1) is 11.3 Å². The Morgan fingerprint density at radius 3 is 2.45 bits per heavy atom. The van der Waals surface area contributed by atoms with Gasteiger partial charge in [0.15, 0.2) is 0 Å². The maximum atomic E-state index is 12.4. The minimum Gasteiger partial charge on any atom is -0.339 e. The van der Waals surface area contributed by atoms with Gasteiger partial charge in [0.05, 0.1) is 5.56 Å². The van der Waals surface area contributed by atoms with E-state index in [1.807, 2.05) is 4.90 Å². The van der Waals surface area contributed by atoms with Crippen LogP contribution in [0.2, 0.25) is 0 Å². The van der Waals surface area contributed by atoms with Crippen molar-refractivity contribution in [1.82, 2.24) is 9.88 Å². The van der Waals surface area contributed by atoms with E-state index in [1.54, 1.807) is 18.3 Å². The van der Waals surface area contributed by atoms with E-state index >= 15 is 0 Å². The maximum Gasteiger partial charge on any atom is 0.255 e. The lowest BCUT2D eigenvalue weighted by Crippen LogP contribution is -2.41. The third-order valence-electron chi connectivity index (χ3n) is 4.17. The molecule has 0 aromatic carbocycles. The molecule has 0 saturated carbocycles. The van der Waals surface area contributed by atoms with Crippen molar-refractivity contribution in [3.8, 4) is 0 Å². The molecule has 0 bridgehead atoms. The average molecular weight is 276 g/mol. The monoisotopic (exact) mass is 276 g/mol. The Morgan fingerprint density at radius 2 is 2.00 bits per heavy atom. The molecule has 1 fully saturated rings. The number of pyridine rings is 1. The van der Waals surface area contributed by atoms with Crippen molar-refractivity contribution in [3.63, 3.8) is 0 Å². The second kappa shape index (κ2) is 5.79. The number of rotatable bonds is 2. The fourth-order valence-electron chi connectivity index (χ4n) is 2.74. The molecule has 1 saturated heterocycles. The number of likely N-dealkylation sites (tertiary alicyclic amines) is 1. The fraction of sp³-hybridized carbons (Fsp3) is 0.600. The Morgan fingerprint density at radius 1 is 1.35 bits per heavy atom.